The van der Waals surface area contributed by atoms with E-state index in [1.54, 1.807) is 19.1 Å². The van der Waals surface area contributed by atoms with Crippen molar-refractivity contribution in [3.8, 4) is 0 Å². The number of amides is 2. The first kappa shape index (κ1) is 19.8. The van der Waals surface area contributed by atoms with Crippen LogP contribution in [0.1, 0.15) is 5.69 Å². The van der Waals surface area contributed by atoms with E-state index < -0.39 is 0 Å². The van der Waals surface area contributed by atoms with Crippen molar-refractivity contribution < 1.29 is 9.59 Å². The molecular weight excluding hydrogens is 429 g/mol. The Bertz CT molecular complexity index is 991. The maximum Gasteiger partial charge on any atom is 0.239 e. The zero-order valence-electron chi connectivity index (χ0n) is 14.0. The van der Waals surface area contributed by atoms with Gasteiger partial charge in [0.2, 0.25) is 17.8 Å². The van der Waals surface area contributed by atoms with Crippen LogP contribution in [0.2, 0.25) is 5.15 Å². The Balaban J connectivity index is 1.62. The minimum atomic E-state index is -0.273. The number of thioether (sulfide) groups is 1. The molecule has 0 aliphatic rings. The van der Waals surface area contributed by atoms with Gasteiger partial charge < -0.3 is 5.32 Å². The molecule has 0 unspecified atom stereocenters. The molecule has 2 amide bonds. The number of aryl methyl sites for hydroxylation is 1. The Morgan fingerprint density at radius 1 is 1.15 bits per heavy atom. The number of nitrogens with one attached hydrogen (secondary N) is 2. The number of aromatic nitrogens is 3. The fourth-order valence-electron chi connectivity index (χ4n) is 2.11. The van der Waals surface area contributed by atoms with Crippen LogP contribution in [0.25, 0.3) is 10.2 Å². The first-order valence-corrected chi connectivity index (χ1v) is 10.3. The summed E-state index contributed by atoms with van der Waals surface area (Å²) in [5.41, 5.74) is 2.11. The van der Waals surface area contributed by atoms with Gasteiger partial charge in [-0.1, -0.05) is 23.4 Å². The highest BCUT2D eigenvalue weighted by Gasteiger charge is 2.11. The van der Waals surface area contributed by atoms with Crippen molar-refractivity contribution >= 4 is 80.0 Å². The molecule has 0 aliphatic heterocycles. The number of hydrogen-bond donors (Lipinski definition) is 2. The monoisotopic (exact) mass is 441 g/mol. The van der Waals surface area contributed by atoms with E-state index in [4.69, 9.17) is 23.2 Å². The van der Waals surface area contributed by atoms with Gasteiger partial charge in [-0.2, -0.15) is 0 Å². The predicted molar refractivity (Wildman–Crippen MR) is 110 cm³/mol. The minimum absolute atomic E-state index is 0.104. The number of benzene rings is 1. The van der Waals surface area contributed by atoms with Crippen LogP contribution in [-0.2, 0) is 9.59 Å². The smallest absolute Gasteiger partial charge is 0.239 e. The molecule has 0 aliphatic carbocycles. The molecule has 2 N–H and O–H groups in total. The number of carbonyl (C=O) groups is 2. The van der Waals surface area contributed by atoms with E-state index >= 15 is 0 Å². The van der Waals surface area contributed by atoms with Crippen molar-refractivity contribution in [2.45, 2.75) is 11.3 Å². The Morgan fingerprint density at radius 3 is 2.70 bits per heavy atom. The lowest BCUT2D eigenvalue weighted by atomic mass is 10.3. The van der Waals surface area contributed by atoms with E-state index in [2.05, 4.69) is 25.6 Å². The van der Waals surface area contributed by atoms with Crippen molar-refractivity contribution in [2.75, 3.05) is 22.3 Å². The van der Waals surface area contributed by atoms with Crippen LogP contribution in [0.4, 0.5) is 11.6 Å². The number of nitrogens with zero attached hydrogens (tertiary/aromatic N) is 3. The molecule has 2 heterocycles. The number of hydrogen-bond acceptors (Lipinski definition) is 7. The Hall–Kier alpha value is -1.94. The largest absolute Gasteiger partial charge is 0.325 e. The maximum absolute atomic E-state index is 12.1. The summed E-state index contributed by atoms with van der Waals surface area (Å²) in [4.78, 5) is 36.0. The number of halogens is 2. The fourth-order valence-corrected chi connectivity index (χ4v) is 4.32. The van der Waals surface area contributed by atoms with Gasteiger partial charge in [0.05, 0.1) is 16.0 Å². The molecule has 0 bridgehead atoms. The van der Waals surface area contributed by atoms with E-state index in [9.17, 15) is 9.59 Å². The molecule has 7 nitrogen and oxygen atoms in total. The second kappa shape index (κ2) is 8.83. The van der Waals surface area contributed by atoms with Gasteiger partial charge >= 0.3 is 0 Å². The Labute approximate surface area is 172 Å². The van der Waals surface area contributed by atoms with Crippen LogP contribution < -0.4 is 10.6 Å². The molecule has 0 fully saturated rings. The summed E-state index contributed by atoms with van der Waals surface area (Å²) in [5, 5.41) is 5.58. The highest BCUT2D eigenvalue weighted by atomic mass is 35.5. The molecule has 1 aromatic carbocycles. The lowest BCUT2D eigenvalue weighted by Gasteiger charge is -2.03. The first-order chi connectivity index (χ1) is 12.9. The third-order valence-electron chi connectivity index (χ3n) is 3.17. The van der Waals surface area contributed by atoms with E-state index in [-0.39, 0.29) is 34.5 Å². The van der Waals surface area contributed by atoms with Crippen molar-refractivity contribution in [3.05, 3.63) is 35.1 Å². The summed E-state index contributed by atoms with van der Waals surface area (Å²) in [6, 6.07) is 7.00. The molecular formula is C16H13Cl2N5O2S2. The van der Waals surface area contributed by atoms with Gasteiger partial charge in [-0.15, -0.1) is 22.9 Å². The van der Waals surface area contributed by atoms with E-state index in [1.165, 1.54) is 23.1 Å². The van der Waals surface area contributed by atoms with Crippen molar-refractivity contribution in [1.29, 1.82) is 0 Å². The summed E-state index contributed by atoms with van der Waals surface area (Å²) >= 11 is 14.1. The third-order valence-corrected chi connectivity index (χ3v) is 5.77. The molecule has 0 radical (unpaired) electrons. The van der Waals surface area contributed by atoms with Crippen LogP contribution in [0, 0.1) is 6.92 Å². The lowest BCUT2D eigenvalue weighted by Crippen LogP contribution is -2.16. The van der Waals surface area contributed by atoms with E-state index in [0.717, 1.165) is 14.6 Å². The number of alkyl halides is 1. The molecule has 3 aromatic rings. The van der Waals surface area contributed by atoms with Crippen molar-refractivity contribution in [2.24, 2.45) is 0 Å². The molecule has 0 saturated carbocycles. The van der Waals surface area contributed by atoms with Gasteiger partial charge in [0.15, 0.2) is 4.34 Å². The SMILES string of the molecule is Cc1cc(Cl)nc(NC(=O)CSc2nc3ccc(NC(=O)CCl)cc3s2)n1. The van der Waals surface area contributed by atoms with Crippen molar-refractivity contribution in [3.63, 3.8) is 0 Å². The summed E-state index contributed by atoms with van der Waals surface area (Å²) in [5.74, 6) is -0.298. The summed E-state index contributed by atoms with van der Waals surface area (Å²) in [7, 11) is 0. The van der Waals surface area contributed by atoms with Gasteiger partial charge in [0.1, 0.15) is 11.0 Å². The number of fused-ring (bicyclic) bond motifs is 1. The quantitative estimate of drug-likeness (QED) is 0.341. The average Bonchev–Trinajstić information content (AvgIpc) is 3.01. The molecule has 0 saturated heterocycles. The molecule has 2 aromatic heterocycles. The molecule has 0 atom stereocenters. The molecule has 27 heavy (non-hydrogen) atoms. The van der Waals surface area contributed by atoms with Gasteiger partial charge in [0, 0.05) is 11.4 Å². The normalized spacial score (nSPS) is 10.8. The minimum Gasteiger partial charge on any atom is -0.325 e. The summed E-state index contributed by atoms with van der Waals surface area (Å²) in [6.07, 6.45) is 0. The van der Waals surface area contributed by atoms with Gasteiger partial charge in [0.25, 0.3) is 0 Å². The molecule has 140 valence electrons. The predicted octanol–water partition coefficient (Wildman–Crippen LogP) is 3.96. The third kappa shape index (κ3) is 5.52. The molecule has 0 spiro atoms. The second-order valence-corrected chi connectivity index (χ2v) is 8.24. The Kier molecular flexibility index (Phi) is 6.48. The van der Waals surface area contributed by atoms with Gasteiger partial charge in [-0.3, -0.25) is 14.9 Å². The van der Waals surface area contributed by atoms with Gasteiger partial charge in [-0.05, 0) is 31.2 Å². The van der Waals surface area contributed by atoms with Crippen molar-refractivity contribution in [1.82, 2.24) is 15.0 Å². The molecule has 3 rings (SSSR count). The van der Waals surface area contributed by atoms with Crippen LogP contribution in [0.5, 0.6) is 0 Å². The van der Waals surface area contributed by atoms with Gasteiger partial charge in [-0.25, -0.2) is 15.0 Å². The summed E-state index contributed by atoms with van der Waals surface area (Å²) in [6.45, 7) is 1.77. The standard InChI is InChI=1S/C16H13Cl2N5O2S2/c1-8-4-12(18)22-15(19-8)23-14(25)7-26-16-21-10-3-2-9(5-11(10)27-16)20-13(24)6-17/h2-5H,6-7H2,1H3,(H,20,24)(H,19,22,23,25). The average molecular weight is 442 g/mol. The number of anilines is 2. The number of carbonyl (C=O) groups excluding carboxylic acids is 2. The van der Waals surface area contributed by atoms with Crippen LogP contribution >= 0.6 is 46.3 Å². The summed E-state index contributed by atoms with van der Waals surface area (Å²) < 4.78 is 1.64. The Morgan fingerprint density at radius 2 is 1.96 bits per heavy atom. The second-order valence-electron chi connectivity index (χ2n) is 5.34. The maximum atomic E-state index is 12.1. The van der Waals surface area contributed by atoms with Crippen LogP contribution in [0.15, 0.2) is 28.6 Å². The zero-order chi connectivity index (χ0) is 19.4. The van der Waals surface area contributed by atoms with Crippen LogP contribution in [-0.4, -0.2) is 38.4 Å². The number of thiazole rings is 1. The topological polar surface area (TPSA) is 96.9 Å². The lowest BCUT2D eigenvalue weighted by molar-refractivity contribution is -0.114. The van der Waals surface area contributed by atoms with Crippen LogP contribution in [0.3, 0.4) is 0 Å². The molecule has 11 heteroatoms. The highest BCUT2D eigenvalue weighted by molar-refractivity contribution is 8.01. The zero-order valence-corrected chi connectivity index (χ0v) is 17.1. The van der Waals surface area contributed by atoms with E-state index in [0.29, 0.717) is 11.4 Å². The van der Waals surface area contributed by atoms with E-state index in [1.807, 2.05) is 12.1 Å². The fraction of sp³-hybridized carbons (Fsp3) is 0.188. The number of rotatable bonds is 6. The first-order valence-electron chi connectivity index (χ1n) is 7.63. The highest BCUT2D eigenvalue weighted by Crippen LogP contribution is 2.31.